The van der Waals surface area contributed by atoms with Gasteiger partial charge >= 0.3 is 0 Å². The molecule has 0 spiro atoms. The zero-order valence-corrected chi connectivity index (χ0v) is 16.0. The Hall–Kier alpha value is -2.61. The standard InChI is InChI=1S/C22H24FN3O3/c23-16-6-3-14(4-7-16)15-5-8-18-20(10-15)26(22(13-27)25-18)12-17(28)11-19-21(29)2-1-9-24-19/h3-8,10,19,21,24,27,29H,1-2,9,11-13H2/t19-,21+/m1/s1. The van der Waals surface area contributed by atoms with E-state index >= 15 is 0 Å². The molecule has 1 aromatic heterocycles. The number of ketones is 1. The number of halogens is 1. The maximum absolute atomic E-state index is 13.2. The van der Waals surface area contributed by atoms with Crippen LogP contribution < -0.4 is 5.32 Å². The lowest BCUT2D eigenvalue weighted by atomic mass is 9.97. The fraction of sp³-hybridized carbons (Fsp3) is 0.364. The van der Waals surface area contributed by atoms with Crippen molar-refractivity contribution >= 4 is 16.8 Å². The van der Waals surface area contributed by atoms with Gasteiger partial charge in [-0.15, -0.1) is 0 Å². The van der Waals surface area contributed by atoms with Crippen LogP contribution in [-0.2, 0) is 17.9 Å². The second-order valence-electron chi connectivity index (χ2n) is 7.50. The van der Waals surface area contributed by atoms with Gasteiger partial charge in [0, 0.05) is 12.5 Å². The Labute approximate surface area is 168 Å². The van der Waals surface area contributed by atoms with Crippen molar-refractivity contribution in [3.8, 4) is 11.1 Å². The summed E-state index contributed by atoms with van der Waals surface area (Å²) in [5.41, 5.74) is 3.15. The van der Waals surface area contributed by atoms with Crippen LogP contribution in [0.3, 0.4) is 0 Å². The van der Waals surface area contributed by atoms with E-state index in [1.165, 1.54) is 12.1 Å². The largest absolute Gasteiger partial charge is 0.391 e. The van der Waals surface area contributed by atoms with Crippen molar-refractivity contribution in [1.29, 1.82) is 0 Å². The normalized spacial score (nSPS) is 19.6. The molecule has 152 valence electrons. The quantitative estimate of drug-likeness (QED) is 0.595. The summed E-state index contributed by atoms with van der Waals surface area (Å²) in [5.74, 6) is 0.0814. The van der Waals surface area contributed by atoms with Crippen molar-refractivity contribution in [3.05, 3.63) is 54.1 Å². The fourth-order valence-corrected chi connectivity index (χ4v) is 3.92. The van der Waals surface area contributed by atoms with Crippen LogP contribution in [-0.4, -0.2) is 44.2 Å². The summed E-state index contributed by atoms with van der Waals surface area (Å²) in [6, 6.07) is 11.6. The number of hydrogen-bond acceptors (Lipinski definition) is 5. The van der Waals surface area contributed by atoms with E-state index in [2.05, 4.69) is 10.3 Å². The molecule has 0 unspecified atom stereocenters. The number of imidazole rings is 1. The second-order valence-corrected chi connectivity index (χ2v) is 7.50. The van der Waals surface area contributed by atoms with Crippen LogP contribution in [0.15, 0.2) is 42.5 Å². The Morgan fingerprint density at radius 3 is 2.69 bits per heavy atom. The molecule has 7 heteroatoms. The van der Waals surface area contributed by atoms with E-state index in [-0.39, 0.29) is 37.2 Å². The van der Waals surface area contributed by atoms with Crippen LogP contribution in [0, 0.1) is 5.82 Å². The first kappa shape index (κ1) is 19.7. The minimum Gasteiger partial charge on any atom is -0.391 e. The van der Waals surface area contributed by atoms with Crippen LogP contribution in [0.4, 0.5) is 4.39 Å². The summed E-state index contributed by atoms with van der Waals surface area (Å²) in [6.45, 7) is 0.592. The van der Waals surface area contributed by atoms with E-state index in [1.807, 2.05) is 18.2 Å². The lowest BCUT2D eigenvalue weighted by Crippen LogP contribution is -2.46. The summed E-state index contributed by atoms with van der Waals surface area (Å²) in [7, 11) is 0. The molecule has 0 amide bonds. The topological polar surface area (TPSA) is 87.4 Å². The van der Waals surface area contributed by atoms with E-state index in [9.17, 15) is 19.4 Å². The summed E-state index contributed by atoms with van der Waals surface area (Å²) in [4.78, 5) is 17.1. The number of nitrogens with zero attached hydrogens (tertiary/aromatic N) is 2. The van der Waals surface area contributed by atoms with E-state index in [0.29, 0.717) is 17.8 Å². The van der Waals surface area contributed by atoms with Crippen LogP contribution in [0.5, 0.6) is 0 Å². The van der Waals surface area contributed by atoms with Crippen molar-refractivity contribution < 1.29 is 19.4 Å². The van der Waals surface area contributed by atoms with Crippen molar-refractivity contribution in [2.24, 2.45) is 0 Å². The highest BCUT2D eigenvalue weighted by atomic mass is 19.1. The minimum absolute atomic E-state index is 0.0374. The molecule has 3 N–H and O–H groups in total. The number of fused-ring (bicyclic) bond motifs is 1. The smallest absolute Gasteiger partial charge is 0.154 e. The highest BCUT2D eigenvalue weighted by Gasteiger charge is 2.25. The van der Waals surface area contributed by atoms with E-state index in [0.717, 1.165) is 29.6 Å². The van der Waals surface area contributed by atoms with Gasteiger partial charge in [0.25, 0.3) is 0 Å². The van der Waals surface area contributed by atoms with Gasteiger partial charge in [0.1, 0.15) is 18.2 Å². The van der Waals surface area contributed by atoms with Gasteiger partial charge in [-0.05, 0) is 54.8 Å². The number of carbonyl (C=O) groups is 1. The first-order valence-electron chi connectivity index (χ1n) is 9.84. The van der Waals surface area contributed by atoms with E-state index in [4.69, 9.17) is 0 Å². The van der Waals surface area contributed by atoms with Gasteiger partial charge in [-0.25, -0.2) is 9.37 Å². The number of aromatic nitrogens is 2. The van der Waals surface area contributed by atoms with E-state index in [1.54, 1.807) is 16.7 Å². The summed E-state index contributed by atoms with van der Waals surface area (Å²) >= 11 is 0. The van der Waals surface area contributed by atoms with Crippen LogP contribution in [0.1, 0.15) is 25.1 Å². The Balaban J connectivity index is 1.62. The van der Waals surface area contributed by atoms with Crippen LogP contribution >= 0.6 is 0 Å². The second kappa shape index (κ2) is 8.41. The maximum atomic E-state index is 13.2. The SMILES string of the molecule is O=C(C[C@H]1NCCC[C@@H]1O)Cn1c(CO)nc2ccc(-c3ccc(F)cc3)cc21. The Bertz CT molecular complexity index is 1020. The molecular weight excluding hydrogens is 373 g/mol. The molecule has 2 aromatic carbocycles. The highest BCUT2D eigenvalue weighted by Crippen LogP contribution is 2.26. The molecule has 1 saturated heterocycles. The molecule has 0 bridgehead atoms. The first-order chi connectivity index (χ1) is 14.0. The minimum atomic E-state index is -0.519. The van der Waals surface area contributed by atoms with Crippen molar-refractivity contribution in [2.45, 2.75) is 44.6 Å². The van der Waals surface area contributed by atoms with Gasteiger partial charge in [-0.1, -0.05) is 18.2 Å². The van der Waals surface area contributed by atoms with E-state index < -0.39 is 6.10 Å². The monoisotopic (exact) mass is 397 g/mol. The van der Waals surface area contributed by atoms with Crippen molar-refractivity contribution in [3.63, 3.8) is 0 Å². The average molecular weight is 397 g/mol. The van der Waals surface area contributed by atoms with Gasteiger partial charge in [-0.3, -0.25) is 4.79 Å². The number of benzene rings is 2. The maximum Gasteiger partial charge on any atom is 0.154 e. The van der Waals surface area contributed by atoms with Crippen LogP contribution in [0.2, 0.25) is 0 Å². The number of carbonyl (C=O) groups excluding carboxylic acids is 1. The molecule has 1 aliphatic rings. The Kier molecular flexibility index (Phi) is 5.71. The third-order valence-corrected chi connectivity index (χ3v) is 5.48. The van der Waals surface area contributed by atoms with Gasteiger partial charge in [0.2, 0.25) is 0 Å². The fourth-order valence-electron chi connectivity index (χ4n) is 3.92. The molecule has 1 aliphatic heterocycles. The number of Topliss-reactive ketones (excluding diaryl/α,β-unsaturated/α-hetero) is 1. The molecular formula is C22H24FN3O3. The van der Waals surface area contributed by atoms with Crippen molar-refractivity contribution in [1.82, 2.24) is 14.9 Å². The molecule has 6 nitrogen and oxygen atoms in total. The molecule has 2 heterocycles. The van der Waals surface area contributed by atoms with Crippen molar-refractivity contribution in [2.75, 3.05) is 6.54 Å². The summed E-state index contributed by atoms with van der Waals surface area (Å²) in [6.07, 6.45) is 1.30. The zero-order chi connectivity index (χ0) is 20.4. The molecule has 1 fully saturated rings. The molecule has 2 atom stereocenters. The lowest BCUT2D eigenvalue weighted by molar-refractivity contribution is -0.121. The number of aliphatic hydroxyl groups is 2. The van der Waals surface area contributed by atoms with Gasteiger partial charge in [0.05, 0.1) is 23.7 Å². The predicted octanol–water partition coefficient (Wildman–Crippen LogP) is 2.41. The molecule has 0 radical (unpaired) electrons. The van der Waals surface area contributed by atoms with Gasteiger partial charge in [0.15, 0.2) is 5.78 Å². The average Bonchev–Trinajstić information content (AvgIpc) is 3.07. The lowest BCUT2D eigenvalue weighted by Gasteiger charge is -2.28. The molecule has 29 heavy (non-hydrogen) atoms. The number of nitrogens with one attached hydrogen (secondary N) is 1. The molecule has 3 aromatic rings. The van der Waals surface area contributed by atoms with Gasteiger partial charge in [-0.2, -0.15) is 0 Å². The molecule has 0 aliphatic carbocycles. The predicted molar refractivity (Wildman–Crippen MR) is 108 cm³/mol. The summed E-state index contributed by atoms with van der Waals surface area (Å²) in [5, 5.41) is 23.0. The Morgan fingerprint density at radius 2 is 1.97 bits per heavy atom. The Morgan fingerprint density at radius 1 is 1.21 bits per heavy atom. The number of aliphatic hydroxyl groups excluding tert-OH is 2. The summed E-state index contributed by atoms with van der Waals surface area (Å²) < 4.78 is 15.0. The number of rotatable bonds is 6. The zero-order valence-electron chi connectivity index (χ0n) is 16.0. The third-order valence-electron chi connectivity index (χ3n) is 5.48. The number of hydrogen-bond donors (Lipinski definition) is 3. The highest BCUT2D eigenvalue weighted by molar-refractivity contribution is 5.85. The van der Waals surface area contributed by atoms with Crippen LogP contribution in [0.25, 0.3) is 22.2 Å². The number of piperidine rings is 1. The molecule has 0 saturated carbocycles. The third kappa shape index (κ3) is 4.22. The first-order valence-corrected chi connectivity index (χ1v) is 9.84. The van der Waals surface area contributed by atoms with Gasteiger partial charge < -0.3 is 20.1 Å². The molecule has 4 rings (SSSR count).